The van der Waals surface area contributed by atoms with Crippen LogP contribution >= 0.6 is 11.8 Å². The quantitative estimate of drug-likeness (QED) is 0.522. The Labute approximate surface area is 191 Å². The fraction of sp³-hybridized carbons (Fsp3) is 0.480. The molecule has 6 heteroatoms. The first-order chi connectivity index (χ1) is 15.2. The van der Waals surface area contributed by atoms with Gasteiger partial charge in [0.2, 0.25) is 0 Å². The van der Waals surface area contributed by atoms with E-state index in [9.17, 15) is 0 Å². The van der Waals surface area contributed by atoms with Crippen molar-refractivity contribution >= 4 is 29.1 Å². The van der Waals surface area contributed by atoms with E-state index >= 15 is 0 Å². The molecule has 166 valence electrons. The van der Waals surface area contributed by atoms with Gasteiger partial charge in [0.25, 0.3) is 0 Å². The molecule has 4 rings (SSSR count). The molecule has 0 bridgehead atoms. The third kappa shape index (κ3) is 5.88. The van der Waals surface area contributed by atoms with E-state index in [4.69, 9.17) is 0 Å². The number of nitrogens with zero attached hydrogens (tertiary/aromatic N) is 3. The fourth-order valence-corrected chi connectivity index (χ4v) is 5.18. The maximum Gasteiger partial charge on any atom is 0.191 e. The summed E-state index contributed by atoms with van der Waals surface area (Å²) in [5, 5.41) is 7.01. The molecule has 0 saturated carbocycles. The van der Waals surface area contributed by atoms with Crippen molar-refractivity contribution in [1.29, 1.82) is 0 Å². The van der Waals surface area contributed by atoms with Gasteiger partial charge in [-0.15, -0.1) is 0 Å². The number of anilines is 2. The molecule has 0 aromatic heterocycles. The summed E-state index contributed by atoms with van der Waals surface area (Å²) < 4.78 is 0. The minimum atomic E-state index is 0.188. The molecule has 0 aliphatic carbocycles. The van der Waals surface area contributed by atoms with Gasteiger partial charge < -0.3 is 20.4 Å². The molecular weight excluding hydrogens is 402 g/mol. The minimum Gasteiger partial charge on any atom is -0.372 e. The SMILES string of the molecule is CN=C(NCc1ccc(N2CCSCC2)cc1)NC(C)c1cccc(N2CCCC2)c1. The lowest BCUT2D eigenvalue weighted by atomic mass is 10.1. The molecule has 1 atom stereocenters. The van der Waals surface area contributed by atoms with Crippen LogP contribution in [0.2, 0.25) is 0 Å². The van der Waals surface area contributed by atoms with E-state index in [2.05, 4.69) is 80.9 Å². The fourth-order valence-electron chi connectivity index (χ4n) is 4.28. The lowest BCUT2D eigenvalue weighted by molar-refractivity contribution is 0.685. The molecule has 2 aromatic rings. The average molecular weight is 438 g/mol. The Morgan fingerprint density at radius 2 is 1.68 bits per heavy atom. The van der Waals surface area contributed by atoms with Gasteiger partial charge in [-0.25, -0.2) is 0 Å². The second kappa shape index (κ2) is 10.8. The summed E-state index contributed by atoms with van der Waals surface area (Å²) in [5.41, 5.74) is 5.22. The molecule has 2 aliphatic rings. The van der Waals surface area contributed by atoms with E-state index in [-0.39, 0.29) is 6.04 Å². The molecule has 2 aromatic carbocycles. The van der Waals surface area contributed by atoms with E-state index in [1.165, 1.54) is 59.9 Å². The van der Waals surface area contributed by atoms with Gasteiger partial charge >= 0.3 is 0 Å². The molecule has 0 amide bonds. The molecular formula is C25H35N5S. The first-order valence-electron chi connectivity index (χ1n) is 11.5. The Balaban J connectivity index is 1.30. The van der Waals surface area contributed by atoms with Crippen LogP contribution in [0.25, 0.3) is 0 Å². The molecule has 31 heavy (non-hydrogen) atoms. The van der Waals surface area contributed by atoms with Crippen LogP contribution in [0.3, 0.4) is 0 Å². The standard InChI is InChI=1S/C25H35N5S/c1-20(22-6-5-7-24(18-22)29-12-3-4-13-29)28-25(26-2)27-19-21-8-10-23(11-9-21)30-14-16-31-17-15-30/h5-11,18,20H,3-4,12-17,19H2,1-2H3,(H2,26,27,28). The van der Waals surface area contributed by atoms with Crippen molar-refractivity contribution in [2.45, 2.75) is 32.4 Å². The lowest BCUT2D eigenvalue weighted by Gasteiger charge is -2.28. The summed E-state index contributed by atoms with van der Waals surface area (Å²) in [6.45, 7) is 7.59. The molecule has 2 aliphatic heterocycles. The molecule has 0 radical (unpaired) electrons. The summed E-state index contributed by atoms with van der Waals surface area (Å²) in [7, 11) is 1.83. The number of guanidine groups is 1. The van der Waals surface area contributed by atoms with Crippen LogP contribution in [-0.4, -0.2) is 50.7 Å². The zero-order valence-corrected chi connectivity index (χ0v) is 19.6. The minimum absolute atomic E-state index is 0.188. The summed E-state index contributed by atoms with van der Waals surface area (Å²) in [6.07, 6.45) is 2.60. The van der Waals surface area contributed by atoms with Gasteiger partial charge in [-0.3, -0.25) is 4.99 Å². The Morgan fingerprint density at radius 3 is 2.39 bits per heavy atom. The Morgan fingerprint density at radius 1 is 0.968 bits per heavy atom. The van der Waals surface area contributed by atoms with Crippen molar-refractivity contribution in [3.8, 4) is 0 Å². The molecule has 2 heterocycles. The highest BCUT2D eigenvalue weighted by atomic mass is 32.2. The van der Waals surface area contributed by atoms with Gasteiger partial charge in [-0.2, -0.15) is 11.8 Å². The molecule has 5 nitrogen and oxygen atoms in total. The highest BCUT2D eigenvalue weighted by Crippen LogP contribution is 2.24. The van der Waals surface area contributed by atoms with Crippen LogP contribution in [0.15, 0.2) is 53.5 Å². The Hall–Kier alpha value is -2.34. The number of thioether (sulfide) groups is 1. The van der Waals surface area contributed by atoms with Crippen LogP contribution in [0, 0.1) is 0 Å². The molecule has 2 saturated heterocycles. The van der Waals surface area contributed by atoms with Gasteiger partial charge in [-0.1, -0.05) is 24.3 Å². The second-order valence-corrected chi connectivity index (χ2v) is 9.57. The molecule has 1 unspecified atom stereocenters. The van der Waals surface area contributed by atoms with E-state index in [0.29, 0.717) is 0 Å². The summed E-state index contributed by atoms with van der Waals surface area (Å²) in [4.78, 5) is 9.39. The van der Waals surface area contributed by atoms with E-state index in [0.717, 1.165) is 25.6 Å². The molecule has 0 spiro atoms. The number of rotatable bonds is 6. The zero-order chi connectivity index (χ0) is 21.5. The van der Waals surface area contributed by atoms with Crippen LogP contribution < -0.4 is 20.4 Å². The third-order valence-electron chi connectivity index (χ3n) is 6.19. The first-order valence-corrected chi connectivity index (χ1v) is 12.6. The Kier molecular flexibility index (Phi) is 7.62. The predicted octanol–water partition coefficient (Wildman–Crippen LogP) is 4.27. The molecule has 2 fully saturated rings. The zero-order valence-electron chi connectivity index (χ0n) is 18.8. The second-order valence-electron chi connectivity index (χ2n) is 8.35. The van der Waals surface area contributed by atoms with E-state index in [1.807, 2.05) is 18.8 Å². The van der Waals surface area contributed by atoms with Crippen LogP contribution in [-0.2, 0) is 6.54 Å². The van der Waals surface area contributed by atoms with Crippen molar-refractivity contribution in [2.75, 3.05) is 54.5 Å². The van der Waals surface area contributed by atoms with E-state index < -0.39 is 0 Å². The predicted molar refractivity (Wildman–Crippen MR) is 136 cm³/mol. The van der Waals surface area contributed by atoms with Crippen molar-refractivity contribution in [2.24, 2.45) is 4.99 Å². The average Bonchev–Trinajstić information content (AvgIpc) is 3.38. The number of hydrogen-bond donors (Lipinski definition) is 2. The van der Waals surface area contributed by atoms with Crippen molar-refractivity contribution in [1.82, 2.24) is 10.6 Å². The maximum atomic E-state index is 4.43. The number of aliphatic imine (C=N–C) groups is 1. The summed E-state index contributed by atoms with van der Waals surface area (Å²) in [6, 6.07) is 18.0. The van der Waals surface area contributed by atoms with Gasteiger partial charge in [0.15, 0.2) is 5.96 Å². The van der Waals surface area contributed by atoms with Crippen LogP contribution in [0.1, 0.15) is 36.9 Å². The third-order valence-corrected chi connectivity index (χ3v) is 7.13. The van der Waals surface area contributed by atoms with Gasteiger partial charge in [-0.05, 0) is 55.2 Å². The van der Waals surface area contributed by atoms with Crippen molar-refractivity contribution in [3.63, 3.8) is 0 Å². The van der Waals surface area contributed by atoms with Gasteiger partial charge in [0, 0.05) is 62.7 Å². The first kappa shape index (κ1) is 21.9. The normalized spacial score (nSPS) is 18.2. The van der Waals surface area contributed by atoms with Crippen LogP contribution in [0.5, 0.6) is 0 Å². The number of benzene rings is 2. The van der Waals surface area contributed by atoms with Crippen molar-refractivity contribution < 1.29 is 0 Å². The largest absolute Gasteiger partial charge is 0.372 e. The highest BCUT2D eigenvalue weighted by Gasteiger charge is 2.15. The van der Waals surface area contributed by atoms with Gasteiger partial charge in [0.1, 0.15) is 0 Å². The van der Waals surface area contributed by atoms with Gasteiger partial charge in [0.05, 0.1) is 6.04 Å². The monoisotopic (exact) mass is 437 g/mol. The molecule has 2 N–H and O–H groups in total. The summed E-state index contributed by atoms with van der Waals surface area (Å²) >= 11 is 2.05. The Bertz CT molecular complexity index is 854. The van der Waals surface area contributed by atoms with Crippen LogP contribution in [0.4, 0.5) is 11.4 Å². The lowest BCUT2D eigenvalue weighted by Crippen LogP contribution is -2.38. The van der Waals surface area contributed by atoms with E-state index in [1.54, 1.807) is 0 Å². The highest BCUT2D eigenvalue weighted by molar-refractivity contribution is 7.99. The number of nitrogens with one attached hydrogen (secondary N) is 2. The smallest absolute Gasteiger partial charge is 0.191 e. The maximum absolute atomic E-state index is 4.43. The number of hydrogen-bond acceptors (Lipinski definition) is 4. The summed E-state index contributed by atoms with van der Waals surface area (Å²) in [5.74, 6) is 3.28. The topological polar surface area (TPSA) is 42.9 Å². The van der Waals surface area contributed by atoms with Crippen molar-refractivity contribution in [3.05, 3.63) is 59.7 Å².